The molecule has 1 fully saturated rings. The number of amides is 2. The lowest BCUT2D eigenvalue weighted by molar-refractivity contribution is -0.137. The van der Waals surface area contributed by atoms with Crippen LogP contribution in [0.25, 0.3) is 11.2 Å². The number of phosphoric ester groups is 3. The summed E-state index contributed by atoms with van der Waals surface area (Å²) in [5.74, 6) is -0.943. The van der Waals surface area contributed by atoms with Crippen LogP contribution in [0, 0.1) is 5.41 Å². The number of aromatic nitrogens is 4. The average molecular weight is 795 g/mol. The fraction of sp³-hybridized carbons (Fsp3) is 0.667. The van der Waals surface area contributed by atoms with Gasteiger partial charge in [-0.25, -0.2) is 28.6 Å². The number of hydrogen-bond donors (Lipinski definition) is 10. The minimum absolute atomic E-state index is 0. The Morgan fingerprint density at radius 2 is 1.76 bits per heavy atom. The number of aliphatic hydroxyl groups excluding tert-OH is 2. The van der Waals surface area contributed by atoms with Crippen LogP contribution in [0.2, 0.25) is 0 Å². The van der Waals surface area contributed by atoms with Crippen molar-refractivity contribution in [3.8, 4) is 0 Å². The minimum Gasteiger partial charge on any atom is -0.386 e. The molecule has 3 radical (unpaired) electrons. The highest BCUT2D eigenvalue weighted by atomic mass is 32.1. The van der Waals surface area contributed by atoms with E-state index in [1.165, 1.54) is 13.8 Å². The van der Waals surface area contributed by atoms with E-state index in [1.54, 1.807) is 0 Å². The molecule has 7 atom stereocenters. The van der Waals surface area contributed by atoms with Crippen molar-refractivity contribution in [2.24, 2.45) is 5.41 Å². The summed E-state index contributed by atoms with van der Waals surface area (Å²) < 4.78 is 61.7. The van der Waals surface area contributed by atoms with Gasteiger partial charge in [-0.2, -0.15) is 16.9 Å². The Hall–Kier alpha value is -1.58. The van der Waals surface area contributed by atoms with Gasteiger partial charge in [0.2, 0.25) is 11.8 Å². The van der Waals surface area contributed by atoms with Crippen molar-refractivity contribution >= 4 is 82.3 Å². The number of nitrogens with two attached hydrogens (primary N) is 1. The number of thiol groups is 1. The Kier molecular flexibility index (Phi) is 15.8. The molecule has 0 saturated carbocycles. The van der Waals surface area contributed by atoms with Gasteiger partial charge in [0, 0.05) is 48.0 Å². The lowest BCUT2D eigenvalue weighted by Gasteiger charge is -2.30. The maximum Gasteiger partial charge on any atom is 0.481 e. The van der Waals surface area contributed by atoms with Gasteiger partial charge in [0.1, 0.15) is 36.3 Å². The topological polar surface area (TPSA) is 347 Å². The number of aliphatic hydroxyl groups is 2. The molecule has 3 unspecified atom stereocenters. The van der Waals surface area contributed by atoms with E-state index in [2.05, 4.69) is 47.0 Å². The molecule has 275 valence electrons. The first-order valence-corrected chi connectivity index (χ1v) is 18.8. The molecule has 1 aliphatic heterocycles. The van der Waals surface area contributed by atoms with Crippen LogP contribution < -0.4 is 16.4 Å². The number of phosphoric acid groups is 3. The summed E-state index contributed by atoms with van der Waals surface area (Å²) in [5, 5.41) is 26.1. The third-order valence-electron chi connectivity index (χ3n) is 6.51. The number of hydrogen-bond acceptors (Lipinski definition) is 17. The molecule has 0 bridgehead atoms. The lowest BCUT2D eigenvalue weighted by atomic mass is 9.87. The van der Waals surface area contributed by atoms with E-state index in [0.29, 0.717) is 12.3 Å². The van der Waals surface area contributed by atoms with Gasteiger partial charge in [-0.05, 0) is 0 Å². The van der Waals surface area contributed by atoms with Crippen molar-refractivity contribution in [1.82, 2.24) is 30.2 Å². The molecule has 23 nitrogen and oxygen atoms in total. The van der Waals surface area contributed by atoms with Crippen LogP contribution in [0.3, 0.4) is 0 Å². The summed E-state index contributed by atoms with van der Waals surface area (Å²) in [6, 6.07) is 0. The molecule has 2 aromatic heterocycles. The number of ether oxygens (including phenoxy) is 1. The molecule has 28 heteroatoms. The van der Waals surface area contributed by atoms with Crippen molar-refractivity contribution in [2.75, 3.05) is 37.8 Å². The second-order valence-corrected chi connectivity index (χ2v) is 15.5. The highest BCUT2D eigenvalue weighted by Gasteiger charge is 2.50. The van der Waals surface area contributed by atoms with Gasteiger partial charge < -0.3 is 50.9 Å². The van der Waals surface area contributed by atoms with Gasteiger partial charge in [-0.1, -0.05) is 13.8 Å². The maximum atomic E-state index is 12.6. The first-order chi connectivity index (χ1) is 22.2. The molecule has 0 aliphatic carbocycles. The predicted octanol–water partition coefficient (Wildman–Crippen LogP) is -2.05. The van der Waals surface area contributed by atoms with E-state index >= 15 is 0 Å². The lowest BCUT2D eigenvalue weighted by Crippen LogP contribution is -2.46. The summed E-state index contributed by atoms with van der Waals surface area (Å²) in [5.41, 5.74) is 4.30. The fourth-order valence-corrected chi connectivity index (χ4v) is 7.08. The number of imidazole rings is 1. The number of carbonyl (C=O) groups is 2. The number of nitrogens with zero attached hydrogens (tertiary/aromatic N) is 4. The zero-order valence-corrected chi connectivity index (χ0v) is 30.5. The summed E-state index contributed by atoms with van der Waals surface area (Å²) in [4.78, 5) is 74.6. The predicted molar refractivity (Wildman–Crippen MR) is 169 cm³/mol. The summed E-state index contributed by atoms with van der Waals surface area (Å²) in [7, 11) is -16.3. The van der Waals surface area contributed by atoms with Crippen LogP contribution >= 0.6 is 36.1 Å². The molecular formula is C21H36AlN7O16P3S. The van der Waals surface area contributed by atoms with Crippen LogP contribution in [0.15, 0.2) is 12.7 Å². The second kappa shape index (κ2) is 17.8. The Balaban J connectivity index is 0.00000833. The highest BCUT2D eigenvalue weighted by molar-refractivity contribution is 7.80. The number of carbonyl (C=O) groups excluding carboxylic acids is 2. The van der Waals surface area contributed by atoms with Crippen molar-refractivity contribution < 1.29 is 75.7 Å². The van der Waals surface area contributed by atoms with E-state index in [-0.39, 0.29) is 53.2 Å². The standard InChI is InChI=1S/C21H36N7O16P3S.Al/c1-21(2,16(31)19(32)24-4-3-12(29)23-5-6-48)8-41-47(38,39)44-46(36,37)40-7-11-15(43-45(33,34)35)14(30)20(42-11)28-10-27-13-17(22)25-9-26-18(13)28;/h9-11,14-16,20,30-31,48H,3-8H2,1-2H3,(H,23,29)(H,24,32)(H,36,37)(H,38,39)(H2,22,25,26)(H2,33,34,35);/t11-,14-,15-,16?,20-;/m1./s1. The minimum atomic E-state index is -5.54. The van der Waals surface area contributed by atoms with Crippen LogP contribution in [-0.4, -0.2) is 135 Å². The molecule has 3 rings (SSSR count). The first-order valence-electron chi connectivity index (χ1n) is 13.7. The molecule has 1 saturated heterocycles. The van der Waals surface area contributed by atoms with E-state index in [4.69, 9.17) is 19.5 Å². The SMILES string of the molecule is CC(C)(COP(=O)(O)OP(=O)(O)OC[C@H]1O[C@@H](n2cnc3c(N)ncnc32)[C@H](O)[C@@H]1OP(=O)(O)O)C(O)C(=O)NCCC(=O)NCCS.[Al]. The molecule has 1 aliphatic rings. The molecule has 2 amide bonds. The zero-order valence-electron chi connectivity index (χ0n) is 25.8. The van der Waals surface area contributed by atoms with Crippen LogP contribution in [0.5, 0.6) is 0 Å². The molecular weight excluding hydrogens is 758 g/mol. The smallest absolute Gasteiger partial charge is 0.386 e. The zero-order chi connectivity index (χ0) is 36.1. The Bertz CT molecular complexity index is 1600. The number of nitrogen functional groups attached to an aromatic ring is 1. The number of rotatable bonds is 18. The largest absolute Gasteiger partial charge is 0.481 e. The molecule has 0 spiro atoms. The van der Waals surface area contributed by atoms with E-state index in [0.717, 1.165) is 17.2 Å². The maximum absolute atomic E-state index is 12.6. The second-order valence-electron chi connectivity index (χ2n) is 10.8. The summed E-state index contributed by atoms with van der Waals surface area (Å²) in [6.45, 7) is 0.723. The third kappa shape index (κ3) is 12.6. The monoisotopic (exact) mass is 794 g/mol. The fourth-order valence-electron chi connectivity index (χ4n) is 4.14. The van der Waals surface area contributed by atoms with Gasteiger partial charge >= 0.3 is 23.5 Å². The van der Waals surface area contributed by atoms with Gasteiger partial charge in [0.05, 0.1) is 19.5 Å². The quantitative estimate of drug-likeness (QED) is 0.0441. The van der Waals surface area contributed by atoms with Gasteiger partial charge in [0.25, 0.3) is 0 Å². The molecule has 3 heterocycles. The van der Waals surface area contributed by atoms with Crippen LogP contribution in [-0.2, 0) is 45.9 Å². The van der Waals surface area contributed by atoms with E-state index < -0.39 is 78.6 Å². The first kappa shape index (κ1) is 43.6. The van der Waals surface area contributed by atoms with E-state index in [9.17, 15) is 53.1 Å². The number of fused-ring (bicyclic) bond motifs is 1. The van der Waals surface area contributed by atoms with Crippen LogP contribution in [0.4, 0.5) is 5.82 Å². The van der Waals surface area contributed by atoms with Crippen molar-refractivity contribution in [1.29, 1.82) is 0 Å². The van der Waals surface area contributed by atoms with Crippen molar-refractivity contribution in [2.45, 2.75) is 50.9 Å². The van der Waals surface area contributed by atoms with Crippen LogP contribution in [0.1, 0.15) is 26.5 Å². The van der Waals surface area contributed by atoms with Gasteiger partial charge in [-0.3, -0.25) is 27.7 Å². The van der Waals surface area contributed by atoms with E-state index in [1.807, 2.05) is 0 Å². The average Bonchev–Trinajstić information content (AvgIpc) is 3.54. The Labute approximate surface area is 294 Å². The van der Waals surface area contributed by atoms with Gasteiger partial charge in [0.15, 0.2) is 17.7 Å². The third-order valence-corrected chi connectivity index (χ3v) is 9.83. The highest BCUT2D eigenvalue weighted by Crippen LogP contribution is 2.61. The number of nitrogens with one attached hydrogen (secondary N) is 2. The van der Waals surface area contributed by atoms with Gasteiger partial charge in [-0.15, -0.1) is 0 Å². The summed E-state index contributed by atoms with van der Waals surface area (Å²) in [6.07, 6.45) is -6.74. The number of anilines is 1. The molecule has 49 heavy (non-hydrogen) atoms. The normalized spacial score (nSPS) is 22.9. The van der Waals surface area contributed by atoms with Crippen molar-refractivity contribution in [3.05, 3.63) is 12.7 Å². The summed E-state index contributed by atoms with van der Waals surface area (Å²) >= 11 is 3.95. The van der Waals surface area contributed by atoms with Crippen molar-refractivity contribution in [3.63, 3.8) is 0 Å². The Morgan fingerprint density at radius 1 is 1.10 bits per heavy atom. The molecule has 0 aromatic carbocycles. The molecule has 2 aromatic rings. The molecule has 10 N–H and O–H groups in total. The Morgan fingerprint density at radius 3 is 2.39 bits per heavy atom.